The molecule has 1 heterocycles. The standard InChI is InChI=1S/C24H37N3O3/c1-23-9-8-18-16(5-4-15-12-20(28)22(30-3)13-24(15,18)2)17(23)6-7-19(23)21(29)14-27-25-10-11-26-27/h10-11,15-20,22,28H,4-9,12-14H2,1-3H3/t15?,16?,17?,18?,19-,20?,22?,23?,24?/m1/s1. The molecule has 30 heavy (non-hydrogen) atoms. The van der Waals surface area contributed by atoms with E-state index in [0.717, 1.165) is 25.7 Å². The van der Waals surface area contributed by atoms with Crippen LogP contribution in [0.25, 0.3) is 0 Å². The molecule has 0 aromatic carbocycles. The molecule has 0 aliphatic heterocycles. The van der Waals surface area contributed by atoms with Crippen LogP contribution < -0.4 is 0 Å². The topological polar surface area (TPSA) is 77.2 Å². The van der Waals surface area contributed by atoms with E-state index in [1.54, 1.807) is 19.5 Å². The van der Waals surface area contributed by atoms with Crippen LogP contribution in [0.2, 0.25) is 0 Å². The van der Waals surface area contributed by atoms with Gasteiger partial charge in [-0.2, -0.15) is 15.0 Å². The van der Waals surface area contributed by atoms with Gasteiger partial charge in [0, 0.05) is 13.0 Å². The zero-order chi connectivity index (χ0) is 21.1. The number of aliphatic hydroxyl groups is 1. The van der Waals surface area contributed by atoms with Crippen molar-refractivity contribution in [3.63, 3.8) is 0 Å². The smallest absolute Gasteiger partial charge is 0.159 e. The van der Waals surface area contributed by atoms with E-state index < -0.39 is 0 Å². The predicted molar refractivity (Wildman–Crippen MR) is 112 cm³/mol. The van der Waals surface area contributed by atoms with Crippen LogP contribution >= 0.6 is 0 Å². The summed E-state index contributed by atoms with van der Waals surface area (Å²) in [6.45, 7) is 5.19. The number of ether oxygens (including phenoxy) is 1. The predicted octanol–water partition coefficient (Wildman–Crippen LogP) is 3.49. The van der Waals surface area contributed by atoms with Crippen LogP contribution in [0.15, 0.2) is 12.4 Å². The summed E-state index contributed by atoms with van der Waals surface area (Å²) in [5.74, 6) is 3.10. The molecule has 8 unspecified atom stereocenters. The first-order valence-electron chi connectivity index (χ1n) is 11.9. The summed E-state index contributed by atoms with van der Waals surface area (Å²) >= 11 is 0. The number of hydrogen-bond acceptors (Lipinski definition) is 5. The third kappa shape index (κ3) is 3.01. The molecule has 4 fully saturated rings. The van der Waals surface area contributed by atoms with Crippen molar-refractivity contribution >= 4 is 5.78 Å². The lowest BCUT2D eigenvalue weighted by Gasteiger charge is -2.61. The molecule has 4 aliphatic carbocycles. The van der Waals surface area contributed by atoms with E-state index in [2.05, 4.69) is 24.0 Å². The zero-order valence-corrected chi connectivity index (χ0v) is 18.7. The molecule has 1 aromatic heterocycles. The van der Waals surface area contributed by atoms with Gasteiger partial charge in [-0.05, 0) is 85.9 Å². The van der Waals surface area contributed by atoms with Gasteiger partial charge in [-0.3, -0.25) is 4.79 Å². The molecule has 1 aromatic rings. The molecule has 5 rings (SSSR count). The molecule has 0 bridgehead atoms. The summed E-state index contributed by atoms with van der Waals surface area (Å²) in [5, 5.41) is 18.8. The minimum atomic E-state index is -0.317. The quantitative estimate of drug-likeness (QED) is 0.814. The largest absolute Gasteiger partial charge is 0.390 e. The maximum Gasteiger partial charge on any atom is 0.159 e. The molecule has 1 N–H and O–H groups in total. The summed E-state index contributed by atoms with van der Waals surface area (Å²) in [5.41, 5.74) is 0.370. The van der Waals surface area contributed by atoms with E-state index in [4.69, 9.17) is 4.74 Å². The van der Waals surface area contributed by atoms with Crippen LogP contribution in [0, 0.1) is 40.4 Å². The van der Waals surface area contributed by atoms with Gasteiger partial charge in [0.25, 0.3) is 0 Å². The van der Waals surface area contributed by atoms with Crippen molar-refractivity contribution in [1.29, 1.82) is 0 Å². The molecular formula is C24H37N3O3. The average molecular weight is 416 g/mol. The lowest BCUT2D eigenvalue weighted by molar-refractivity contribution is -0.167. The highest BCUT2D eigenvalue weighted by molar-refractivity contribution is 5.81. The Morgan fingerprint density at radius 3 is 2.57 bits per heavy atom. The number of rotatable bonds is 4. The lowest BCUT2D eigenvalue weighted by atomic mass is 9.44. The number of hydrogen-bond donors (Lipinski definition) is 1. The van der Waals surface area contributed by atoms with Crippen LogP contribution in [0.1, 0.15) is 65.2 Å². The van der Waals surface area contributed by atoms with Crippen molar-refractivity contribution in [2.24, 2.45) is 40.4 Å². The van der Waals surface area contributed by atoms with E-state index in [9.17, 15) is 9.90 Å². The number of methoxy groups -OCH3 is 1. The number of Topliss-reactive ketones (excluding diaryl/α,β-unsaturated/α-hetero) is 1. The van der Waals surface area contributed by atoms with Gasteiger partial charge in [-0.25, -0.2) is 0 Å². The van der Waals surface area contributed by atoms with Crippen molar-refractivity contribution in [1.82, 2.24) is 15.0 Å². The second-order valence-corrected chi connectivity index (χ2v) is 11.1. The van der Waals surface area contributed by atoms with Crippen LogP contribution in [0.3, 0.4) is 0 Å². The minimum absolute atomic E-state index is 0.0298. The molecule has 9 atom stereocenters. The highest BCUT2D eigenvalue weighted by Crippen LogP contribution is 2.67. The highest BCUT2D eigenvalue weighted by atomic mass is 16.5. The molecule has 4 aliphatic rings. The molecule has 0 radical (unpaired) electrons. The monoisotopic (exact) mass is 415 g/mol. The Morgan fingerprint density at radius 1 is 1.10 bits per heavy atom. The number of carbonyl (C=O) groups is 1. The average Bonchev–Trinajstić information content (AvgIpc) is 3.34. The Kier molecular flexibility index (Phi) is 5.09. The summed E-state index contributed by atoms with van der Waals surface area (Å²) in [7, 11) is 1.75. The molecule has 6 nitrogen and oxygen atoms in total. The SMILES string of the molecule is COC1CC2(C)C(CCC3C2CCC2(C)C3CC[C@@H]2C(=O)Cn2nccn2)CC1O. The van der Waals surface area contributed by atoms with Gasteiger partial charge in [0.05, 0.1) is 24.6 Å². The van der Waals surface area contributed by atoms with Crippen molar-refractivity contribution in [3.05, 3.63) is 12.4 Å². The second-order valence-electron chi connectivity index (χ2n) is 11.1. The van der Waals surface area contributed by atoms with Gasteiger partial charge < -0.3 is 9.84 Å². The third-order valence-corrected chi connectivity index (χ3v) is 10.1. The van der Waals surface area contributed by atoms with E-state index >= 15 is 0 Å². The molecule has 0 spiro atoms. The fourth-order valence-corrected chi connectivity index (χ4v) is 8.60. The van der Waals surface area contributed by atoms with Crippen LogP contribution in [-0.4, -0.2) is 45.2 Å². The van der Waals surface area contributed by atoms with E-state index in [-0.39, 0.29) is 29.0 Å². The van der Waals surface area contributed by atoms with Gasteiger partial charge in [0.2, 0.25) is 0 Å². The van der Waals surface area contributed by atoms with Crippen LogP contribution in [-0.2, 0) is 16.1 Å². The number of aliphatic hydroxyl groups excluding tert-OH is 1. The summed E-state index contributed by atoms with van der Waals surface area (Å²) in [6.07, 6.45) is 11.8. The Bertz CT molecular complexity index is 783. The Labute approximate surface area is 179 Å². The number of aromatic nitrogens is 3. The van der Waals surface area contributed by atoms with E-state index in [0.29, 0.717) is 36.0 Å². The van der Waals surface area contributed by atoms with Crippen molar-refractivity contribution < 1.29 is 14.6 Å². The number of ketones is 1. The summed E-state index contributed by atoms with van der Waals surface area (Å²) < 4.78 is 5.69. The summed E-state index contributed by atoms with van der Waals surface area (Å²) in [4.78, 5) is 14.7. The van der Waals surface area contributed by atoms with Gasteiger partial charge in [0.15, 0.2) is 5.78 Å². The van der Waals surface area contributed by atoms with E-state index in [1.807, 2.05) is 0 Å². The van der Waals surface area contributed by atoms with Crippen molar-refractivity contribution in [2.45, 2.75) is 84.0 Å². The second kappa shape index (κ2) is 7.40. The number of fused-ring (bicyclic) bond motifs is 5. The van der Waals surface area contributed by atoms with E-state index in [1.165, 1.54) is 30.5 Å². The highest BCUT2D eigenvalue weighted by Gasteiger charge is 2.62. The molecule has 6 heteroatoms. The zero-order valence-electron chi connectivity index (χ0n) is 18.7. The van der Waals surface area contributed by atoms with Crippen LogP contribution in [0.5, 0.6) is 0 Å². The maximum absolute atomic E-state index is 13.2. The molecule has 0 saturated heterocycles. The Morgan fingerprint density at radius 2 is 1.83 bits per heavy atom. The fraction of sp³-hybridized carbons (Fsp3) is 0.875. The van der Waals surface area contributed by atoms with Gasteiger partial charge >= 0.3 is 0 Å². The first-order chi connectivity index (χ1) is 14.4. The molecular weight excluding hydrogens is 378 g/mol. The van der Waals surface area contributed by atoms with Gasteiger partial charge in [-0.1, -0.05) is 13.8 Å². The van der Waals surface area contributed by atoms with Crippen LogP contribution in [0.4, 0.5) is 0 Å². The normalized spacial score (nSPS) is 47.9. The molecule has 0 amide bonds. The van der Waals surface area contributed by atoms with Gasteiger partial charge in [-0.15, -0.1) is 0 Å². The summed E-state index contributed by atoms with van der Waals surface area (Å²) in [6, 6.07) is 0. The first-order valence-corrected chi connectivity index (χ1v) is 11.9. The molecule has 166 valence electrons. The third-order valence-electron chi connectivity index (χ3n) is 10.1. The van der Waals surface area contributed by atoms with Crippen molar-refractivity contribution in [2.75, 3.05) is 7.11 Å². The minimum Gasteiger partial charge on any atom is -0.390 e. The first kappa shape index (κ1) is 20.6. The number of nitrogens with zero attached hydrogens (tertiary/aromatic N) is 3. The fourth-order valence-electron chi connectivity index (χ4n) is 8.60. The Balaban J connectivity index is 1.36. The van der Waals surface area contributed by atoms with Gasteiger partial charge in [0.1, 0.15) is 6.54 Å². The molecule has 4 saturated carbocycles. The number of carbonyl (C=O) groups excluding carboxylic acids is 1. The maximum atomic E-state index is 13.2. The lowest BCUT2D eigenvalue weighted by Crippen LogP contribution is -2.57. The Hall–Kier alpha value is -1.27. The van der Waals surface area contributed by atoms with Crippen molar-refractivity contribution in [3.8, 4) is 0 Å².